The number of nitrogens with zero attached hydrogens (tertiary/aromatic N) is 1. The van der Waals surface area contributed by atoms with Crippen LogP contribution in [0, 0.1) is 11.8 Å². The number of hydrogen-bond donors (Lipinski definition) is 0. The van der Waals surface area contributed by atoms with E-state index in [-0.39, 0.29) is 0 Å². The van der Waals surface area contributed by atoms with Gasteiger partial charge in [0.25, 0.3) is 0 Å². The average molecular weight is 197 g/mol. The topological polar surface area (TPSA) is 3.24 Å². The quantitative estimate of drug-likeness (QED) is 0.651. The van der Waals surface area contributed by atoms with Crippen molar-refractivity contribution in [3.8, 4) is 0 Å². The fourth-order valence-corrected chi connectivity index (χ4v) is 2.51. The molecule has 1 saturated carbocycles. The van der Waals surface area contributed by atoms with Crippen LogP contribution in [0.2, 0.25) is 0 Å². The lowest BCUT2D eigenvalue weighted by Gasteiger charge is -2.27. The minimum Gasteiger partial charge on any atom is -0.306 e. The lowest BCUT2D eigenvalue weighted by atomic mass is 9.81. The van der Waals surface area contributed by atoms with Gasteiger partial charge in [-0.1, -0.05) is 39.5 Å². The summed E-state index contributed by atoms with van der Waals surface area (Å²) >= 11 is 0. The van der Waals surface area contributed by atoms with E-state index in [1.165, 1.54) is 51.6 Å². The summed E-state index contributed by atoms with van der Waals surface area (Å²) in [6.45, 7) is 7.24. The third-order valence-corrected chi connectivity index (χ3v) is 3.66. The van der Waals surface area contributed by atoms with Crippen LogP contribution in [0.15, 0.2) is 0 Å². The van der Waals surface area contributed by atoms with Gasteiger partial charge < -0.3 is 4.90 Å². The van der Waals surface area contributed by atoms with Gasteiger partial charge in [-0.05, 0) is 44.8 Å². The SMILES string of the molecule is CCCN(C)CCC1CCC(C)CC1. The highest BCUT2D eigenvalue weighted by atomic mass is 15.1. The van der Waals surface area contributed by atoms with Crippen molar-refractivity contribution in [3.05, 3.63) is 0 Å². The first-order valence-electron chi connectivity index (χ1n) is 6.41. The van der Waals surface area contributed by atoms with Crippen molar-refractivity contribution in [3.63, 3.8) is 0 Å². The lowest BCUT2D eigenvalue weighted by molar-refractivity contribution is 0.238. The van der Waals surface area contributed by atoms with Crippen LogP contribution >= 0.6 is 0 Å². The maximum absolute atomic E-state index is 2.48. The Morgan fingerprint density at radius 3 is 2.29 bits per heavy atom. The summed E-state index contributed by atoms with van der Waals surface area (Å²) in [7, 11) is 2.26. The molecule has 1 aliphatic carbocycles. The standard InChI is InChI=1S/C13H27N/c1-4-10-14(3)11-9-13-7-5-12(2)6-8-13/h12-13H,4-11H2,1-3H3. The van der Waals surface area contributed by atoms with E-state index in [0.717, 1.165) is 11.8 Å². The minimum atomic E-state index is 1.000. The summed E-state index contributed by atoms with van der Waals surface area (Å²) in [5.74, 6) is 2.03. The van der Waals surface area contributed by atoms with Gasteiger partial charge in [0.1, 0.15) is 0 Å². The molecule has 0 bridgehead atoms. The zero-order valence-electron chi connectivity index (χ0n) is 10.3. The van der Waals surface area contributed by atoms with Crippen LogP contribution in [0.25, 0.3) is 0 Å². The van der Waals surface area contributed by atoms with Crippen molar-refractivity contribution in [2.45, 2.75) is 52.4 Å². The first kappa shape index (κ1) is 12.0. The van der Waals surface area contributed by atoms with Crippen molar-refractivity contribution >= 4 is 0 Å². The molecule has 0 radical (unpaired) electrons. The second kappa shape index (κ2) is 6.44. The van der Waals surface area contributed by atoms with E-state index in [4.69, 9.17) is 0 Å². The van der Waals surface area contributed by atoms with Crippen LogP contribution < -0.4 is 0 Å². The molecule has 0 amide bonds. The maximum Gasteiger partial charge on any atom is -0.00191 e. The Morgan fingerprint density at radius 1 is 1.07 bits per heavy atom. The predicted molar refractivity (Wildman–Crippen MR) is 63.5 cm³/mol. The Morgan fingerprint density at radius 2 is 1.71 bits per heavy atom. The smallest absolute Gasteiger partial charge is 0.00191 e. The molecule has 1 fully saturated rings. The fourth-order valence-electron chi connectivity index (χ4n) is 2.51. The highest BCUT2D eigenvalue weighted by Crippen LogP contribution is 2.30. The van der Waals surface area contributed by atoms with E-state index in [1.54, 1.807) is 0 Å². The molecule has 14 heavy (non-hydrogen) atoms. The average Bonchev–Trinajstić information content (AvgIpc) is 2.17. The van der Waals surface area contributed by atoms with E-state index in [0.29, 0.717) is 0 Å². The van der Waals surface area contributed by atoms with Crippen LogP contribution in [0.4, 0.5) is 0 Å². The minimum absolute atomic E-state index is 1.000. The molecule has 0 saturated heterocycles. The molecule has 0 aromatic heterocycles. The van der Waals surface area contributed by atoms with Crippen LogP contribution in [-0.4, -0.2) is 25.0 Å². The Hall–Kier alpha value is -0.0400. The summed E-state index contributed by atoms with van der Waals surface area (Å²) in [5.41, 5.74) is 0. The van der Waals surface area contributed by atoms with Gasteiger partial charge >= 0.3 is 0 Å². The zero-order chi connectivity index (χ0) is 10.4. The van der Waals surface area contributed by atoms with Gasteiger partial charge in [-0.3, -0.25) is 0 Å². The van der Waals surface area contributed by atoms with Gasteiger partial charge in [0.05, 0.1) is 0 Å². The summed E-state index contributed by atoms with van der Waals surface area (Å²) in [5, 5.41) is 0. The second-order valence-electron chi connectivity index (χ2n) is 5.22. The third kappa shape index (κ3) is 4.45. The van der Waals surface area contributed by atoms with E-state index in [1.807, 2.05) is 0 Å². The molecule has 0 N–H and O–H groups in total. The Kier molecular flexibility index (Phi) is 5.54. The highest BCUT2D eigenvalue weighted by Gasteiger charge is 2.17. The first-order valence-corrected chi connectivity index (χ1v) is 6.41. The van der Waals surface area contributed by atoms with Gasteiger partial charge in [-0.15, -0.1) is 0 Å². The fraction of sp³-hybridized carbons (Fsp3) is 1.00. The number of rotatable bonds is 5. The normalized spacial score (nSPS) is 28.3. The highest BCUT2D eigenvalue weighted by molar-refractivity contribution is 4.70. The Labute approximate surface area is 89.9 Å². The maximum atomic E-state index is 2.48. The second-order valence-corrected chi connectivity index (χ2v) is 5.22. The predicted octanol–water partition coefficient (Wildman–Crippen LogP) is 3.54. The van der Waals surface area contributed by atoms with Crippen LogP contribution in [0.5, 0.6) is 0 Å². The van der Waals surface area contributed by atoms with Crippen molar-refractivity contribution in [1.82, 2.24) is 4.90 Å². The van der Waals surface area contributed by atoms with Crippen LogP contribution in [-0.2, 0) is 0 Å². The third-order valence-electron chi connectivity index (χ3n) is 3.66. The van der Waals surface area contributed by atoms with Gasteiger partial charge in [0, 0.05) is 0 Å². The molecule has 0 heterocycles. The van der Waals surface area contributed by atoms with Crippen LogP contribution in [0.3, 0.4) is 0 Å². The Balaban J connectivity index is 2.06. The van der Waals surface area contributed by atoms with Gasteiger partial charge in [-0.2, -0.15) is 0 Å². The molecule has 1 nitrogen and oxygen atoms in total. The van der Waals surface area contributed by atoms with Crippen LogP contribution in [0.1, 0.15) is 52.4 Å². The molecule has 0 aromatic rings. The monoisotopic (exact) mass is 197 g/mol. The molecular formula is C13H27N. The first-order chi connectivity index (χ1) is 6.72. The van der Waals surface area contributed by atoms with Crippen molar-refractivity contribution in [2.75, 3.05) is 20.1 Å². The molecule has 84 valence electrons. The molecule has 1 rings (SSSR count). The molecule has 0 unspecified atom stereocenters. The van der Waals surface area contributed by atoms with Gasteiger partial charge in [-0.25, -0.2) is 0 Å². The molecular weight excluding hydrogens is 170 g/mol. The van der Waals surface area contributed by atoms with E-state index >= 15 is 0 Å². The van der Waals surface area contributed by atoms with E-state index in [9.17, 15) is 0 Å². The van der Waals surface area contributed by atoms with Crippen molar-refractivity contribution < 1.29 is 0 Å². The molecule has 1 aliphatic rings. The number of hydrogen-bond acceptors (Lipinski definition) is 1. The summed E-state index contributed by atoms with van der Waals surface area (Å²) in [6.07, 6.45) is 8.65. The van der Waals surface area contributed by atoms with Crippen molar-refractivity contribution in [1.29, 1.82) is 0 Å². The summed E-state index contributed by atoms with van der Waals surface area (Å²) in [6, 6.07) is 0. The van der Waals surface area contributed by atoms with Gasteiger partial charge in [0.15, 0.2) is 0 Å². The Bertz CT molecular complexity index is 136. The molecule has 0 aromatic carbocycles. The summed E-state index contributed by atoms with van der Waals surface area (Å²) < 4.78 is 0. The molecule has 0 spiro atoms. The molecule has 1 heteroatoms. The van der Waals surface area contributed by atoms with E-state index in [2.05, 4.69) is 25.8 Å². The summed E-state index contributed by atoms with van der Waals surface area (Å²) in [4.78, 5) is 2.48. The molecule has 0 aliphatic heterocycles. The lowest BCUT2D eigenvalue weighted by Crippen LogP contribution is -2.24. The van der Waals surface area contributed by atoms with E-state index < -0.39 is 0 Å². The largest absolute Gasteiger partial charge is 0.306 e. The van der Waals surface area contributed by atoms with Gasteiger partial charge in [0.2, 0.25) is 0 Å². The van der Waals surface area contributed by atoms with Crippen molar-refractivity contribution in [2.24, 2.45) is 11.8 Å². The molecule has 0 atom stereocenters. The zero-order valence-corrected chi connectivity index (χ0v) is 10.3.